The van der Waals surface area contributed by atoms with Crippen LogP contribution in [0.3, 0.4) is 0 Å². The Morgan fingerprint density at radius 1 is 1.24 bits per heavy atom. The lowest BCUT2D eigenvalue weighted by atomic mass is 10.2. The van der Waals surface area contributed by atoms with Gasteiger partial charge in [0.25, 0.3) is 5.88 Å². The first kappa shape index (κ1) is 18.0. The van der Waals surface area contributed by atoms with Crippen LogP contribution in [0.4, 0.5) is 5.69 Å². The Hall–Kier alpha value is -3.36. The molecule has 2 rings (SSSR count). The summed E-state index contributed by atoms with van der Waals surface area (Å²) < 4.78 is 11.0. The Kier molecular flexibility index (Phi) is 5.72. The van der Waals surface area contributed by atoms with E-state index in [9.17, 15) is 20.0 Å². The third-order valence-electron chi connectivity index (χ3n) is 3.08. The third-order valence-corrected chi connectivity index (χ3v) is 3.08. The molecular formula is C16H17N3O6. The van der Waals surface area contributed by atoms with Gasteiger partial charge < -0.3 is 19.6 Å². The van der Waals surface area contributed by atoms with Gasteiger partial charge in [-0.3, -0.25) is 14.9 Å². The Labute approximate surface area is 142 Å². The van der Waals surface area contributed by atoms with Crippen LogP contribution in [0, 0.1) is 10.1 Å². The van der Waals surface area contributed by atoms with Gasteiger partial charge in [0.05, 0.1) is 18.1 Å². The van der Waals surface area contributed by atoms with Gasteiger partial charge in [0.2, 0.25) is 0 Å². The predicted octanol–water partition coefficient (Wildman–Crippen LogP) is 2.35. The van der Waals surface area contributed by atoms with Crippen molar-refractivity contribution in [3.63, 3.8) is 0 Å². The second kappa shape index (κ2) is 7.95. The van der Waals surface area contributed by atoms with Crippen LogP contribution >= 0.6 is 0 Å². The van der Waals surface area contributed by atoms with Crippen LogP contribution in [-0.2, 0) is 0 Å². The molecule has 0 atom stereocenters. The molecule has 0 unspecified atom stereocenters. The number of hydrogen-bond acceptors (Lipinski definition) is 7. The molecule has 0 aliphatic carbocycles. The number of aromatic hydroxyl groups is 1. The minimum atomic E-state index is -1.03. The van der Waals surface area contributed by atoms with Crippen molar-refractivity contribution >= 4 is 17.8 Å². The summed E-state index contributed by atoms with van der Waals surface area (Å²) in [5.74, 6) is 0.232. The average Bonchev–Trinajstić information content (AvgIpc) is 2.54. The summed E-state index contributed by atoms with van der Waals surface area (Å²) in [6.07, 6.45) is 3.03. The smallest absolute Gasteiger partial charge is 0.395 e. The monoisotopic (exact) mass is 347 g/mol. The van der Waals surface area contributed by atoms with Gasteiger partial charge in [-0.1, -0.05) is 12.1 Å². The molecule has 0 fully saturated rings. The van der Waals surface area contributed by atoms with E-state index in [1.807, 2.05) is 13.8 Å². The highest BCUT2D eigenvalue weighted by atomic mass is 16.6. The normalized spacial score (nSPS) is 10.8. The number of ether oxygens (including phenoxy) is 2. The van der Waals surface area contributed by atoms with E-state index in [1.165, 1.54) is 6.08 Å². The third kappa shape index (κ3) is 4.34. The van der Waals surface area contributed by atoms with Crippen LogP contribution in [0.25, 0.3) is 12.2 Å². The highest BCUT2D eigenvalue weighted by molar-refractivity contribution is 5.68. The maximum Gasteiger partial charge on any atom is 0.395 e. The number of rotatable bonds is 7. The van der Waals surface area contributed by atoms with Crippen molar-refractivity contribution in [1.82, 2.24) is 9.97 Å². The van der Waals surface area contributed by atoms with Crippen LogP contribution in [0.5, 0.6) is 17.4 Å². The lowest BCUT2D eigenvalue weighted by Crippen LogP contribution is -2.14. The summed E-state index contributed by atoms with van der Waals surface area (Å²) in [5, 5.41) is 20.2. The fraction of sp³-hybridized carbons (Fsp3) is 0.250. The molecule has 0 saturated heterocycles. The van der Waals surface area contributed by atoms with E-state index in [4.69, 9.17) is 9.47 Å². The standard InChI is InChI=1S/C16H17N3O6/c1-3-24-11-7-5-10(9-12(11)25-4-2)6-8-13-17-15(20)14(19(22)23)16(21)18-13/h5-9H,3-4H2,1-2H3,(H2,17,18,20,21)/b8-6+. The molecule has 0 aliphatic heterocycles. The molecule has 0 aliphatic rings. The lowest BCUT2D eigenvalue weighted by molar-refractivity contribution is -0.387. The van der Waals surface area contributed by atoms with E-state index in [1.54, 1.807) is 24.3 Å². The molecule has 0 saturated carbocycles. The van der Waals surface area contributed by atoms with Gasteiger partial charge in [0, 0.05) is 0 Å². The van der Waals surface area contributed by atoms with Crippen molar-refractivity contribution in [3.8, 4) is 17.4 Å². The Morgan fingerprint density at radius 2 is 1.92 bits per heavy atom. The maximum atomic E-state index is 11.6. The van der Waals surface area contributed by atoms with Gasteiger partial charge >= 0.3 is 11.2 Å². The highest BCUT2D eigenvalue weighted by Gasteiger charge is 2.21. The largest absolute Gasteiger partial charge is 0.490 e. The van der Waals surface area contributed by atoms with Crippen LogP contribution < -0.4 is 15.0 Å². The zero-order valence-electron chi connectivity index (χ0n) is 13.7. The molecule has 2 aromatic rings. The first-order chi connectivity index (χ1) is 12.0. The zero-order chi connectivity index (χ0) is 18.4. The molecule has 0 spiro atoms. The van der Waals surface area contributed by atoms with Gasteiger partial charge in [-0.2, -0.15) is 4.98 Å². The predicted molar refractivity (Wildman–Crippen MR) is 90.9 cm³/mol. The van der Waals surface area contributed by atoms with Gasteiger partial charge in [-0.25, -0.2) is 0 Å². The summed E-state index contributed by atoms with van der Waals surface area (Å²) in [6.45, 7) is 4.69. The van der Waals surface area contributed by atoms with Crippen molar-refractivity contribution in [3.05, 3.63) is 50.1 Å². The molecule has 1 aromatic carbocycles. The second-order valence-electron chi connectivity index (χ2n) is 4.79. The summed E-state index contributed by atoms with van der Waals surface area (Å²) in [4.78, 5) is 27.1. The minimum absolute atomic E-state index is 0.0139. The maximum absolute atomic E-state index is 11.6. The molecule has 0 amide bonds. The molecule has 1 heterocycles. The number of hydrogen-bond donors (Lipinski definition) is 2. The Balaban J connectivity index is 2.31. The molecule has 1 aromatic heterocycles. The Morgan fingerprint density at radius 3 is 2.52 bits per heavy atom. The van der Waals surface area contributed by atoms with Crippen molar-refractivity contribution < 1.29 is 19.5 Å². The van der Waals surface area contributed by atoms with Crippen LogP contribution in [0.15, 0.2) is 23.0 Å². The fourth-order valence-electron chi connectivity index (χ4n) is 2.06. The molecular weight excluding hydrogens is 330 g/mol. The van der Waals surface area contributed by atoms with Gasteiger partial charge in [-0.05, 0) is 37.6 Å². The van der Waals surface area contributed by atoms with E-state index in [0.717, 1.165) is 5.56 Å². The van der Waals surface area contributed by atoms with Crippen LogP contribution in [0.1, 0.15) is 25.2 Å². The van der Waals surface area contributed by atoms with Crippen molar-refractivity contribution in [2.45, 2.75) is 13.8 Å². The highest BCUT2D eigenvalue weighted by Crippen LogP contribution is 2.29. The first-order valence-electron chi connectivity index (χ1n) is 7.51. The van der Waals surface area contributed by atoms with Crippen LogP contribution in [-0.4, -0.2) is 33.2 Å². The molecule has 2 N–H and O–H groups in total. The van der Waals surface area contributed by atoms with Crippen LogP contribution in [0.2, 0.25) is 0 Å². The number of H-pyrrole nitrogens is 1. The number of benzene rings is 1. The fourth-order valence-corrected chi connectivity index (χ4v) is 2.06. The topological polar surface area (TPSA) is 128 Å². The van der Waals surface area contributed by atoms with E-state index in [2.05, 4.69) is 9.97 Å². The molecule has 0 bridgehead atoms. The zero-order valence-corrected chi connectivity index (χ0v) is 13.7. The van der Waals surface area contributed by atoms with Gasteiger partial charge in [0.15, 0.2) is 11.5 Å². The van der Waals surface area contributed by atoms with Gasteiger partial charge in [-0.15, -0.1) is 0 Å². The number of aromatic nitrogens is 2. The van der Waals surface area contributed by atoms with E-state index < -0.39 is 22.0 Å². The average molecular weight is 347 g/mol. The SMILES string of the molecule is CCOc1ccc(/C=C/c2nc(O)c([N+](=O)[O-])c(=O)[nH]2)cc1OCC. The number of nitrogens with one attached hydrogen (secondary N) is 1. The van der Waals surface area contributed by atoms with E-state index >= 15 is 0 Å². The lowest BCUT2D eigenvalue weighted by Gasteiger charge is -2.11. The van der Waals surface area contributed by atoms with Crippen molar-refractivity contribution in [1.29, 1.82) is 0 Å². The van der Waals surface area contributed by atoms with Crippen molar-refractivity contribution in [2.75, 3.05) is 13.2 Å². The molecule has 9 nitrogen and oxygen atoms in total. The van der Waals surface area contributed by atoms with Crippen molar-refractivity contribution in [2.24, 2.45) is 0 Å². The first-order valence-corrected chi connectivity index (χ1v) is 7.51. The molecule has 9 heteroatoms. The summed E-state index contributed by atoms with van der Waals surface area (Å²) >= 11 is 0. The molecule has 132 valence electrons. The number of aromatic amines is 1. The minimum Gasteiger partial charge on any atom is -0.490 e. The summed E-state index contributed by atoms with van der Waals surface area (Å²) in [5.41, 5.74) is -1.29. The van der Waals surface area contributed by atoms with Gasteiger partial charge in [0.1, 0.15) is 5.82 Å². The summed E-state index contributed by atoms with van der Waals surface area (Å²) in [6, 6.07) is 5.26. The quantitative estimate of drug-likeness (QED) is 0.581. The molecule has 0 radical (unpaired) electrons. The number of nitrogens with zero attached hydrogens (tertiary/aromatic N) is 2. The van der Waals surface area contributed by atoms with E-state index in [-0.39, 0.29) is 5.82 Å². The summed E-state index contributed by atoms with van der Waals surface area (Å²) in [7, 11) is 0. The second-order valence-corrected chi connectivity index (χ2v) is 4.79. The Bertz CT molecular complexity index is 859. The molecule has 25 heavy (non-hydrogen) atoms. The van der Waals surface area contributed by atoms with E-state index in [0.29, 0.717) is 24.7 Å². The number of nitro groups is 1.